The van der Waals surface area contributed by atoms with E-state index in [-0.39, 0.29) is 5.56 Å². The summed E-state index contributed by atoms with van der Waals surface area (Å²) in [5.41, 5.74) is 2.71. The second kappa shape index (κ2) is 8.11. The molecule has 1 aliphatic rings. The fourth-order valence-electron chi connectivity index (χ4n) is 4.30. The van der Waals surface area contributed by atoms with Crippen molar-refractivity contribution in [3.05, 3.63) is 32.8 Å². The maximum Gasteiger partial charge on any atom is 0.278 e. The molecule has 0 spiro atoms. The highest BCUT2D eigenvalue weighted by Gasteiger charge is 2.24. The summed E-state index contributed by atoms with van der Waals surface area (Å²) in [5, 5.41) is 6.18. The minimum absolute atomic E-state index is 0.0333. The van der Waals surface area contributed by atoms with E-state index in [0.29, 0.717) is 22.4 Å². The van der Waals surface area contributed by atoms with E-state index in [9.17, 15) is 4.79 Å². The van der Waals surface area contributed by atoms with Gasteiger partial charge in [0.15, 0.2) is 16.1 Å². The van der Waals surface area contributed by atoms with E-state index in [1.165, 1.54) is 30.6 Å². The largest absolute Gasteiger partial charge is 0.348 e. The number of hydrogen-bond donors (Lipinski definition) is 0. The monoisotopic (exact) mass is 433 g/mol. The lowest BCUT2D eigenvalue weighted by molar-refractivity contribution is 0.577. The first-order valence-electron chi connectivity index (χ1n) is 10.5. The van der Waals surface area contributed by atoms with Crippen LogP contribution in [0, 0.1) is 6.92 Å². The van der Waals surface area contributed by atoms with Crippen molar-refractivity contribution in [3.63, 3.8) is 0 Å². The summed E-state index contributed by atoms with van der Waals surface area (Å²) in [6, 6.07) is 2.11. The van der Waals surface area contributed by atoms with Gasteiger partial charge in [-0.15, -0.1) is 5.10 Å². The molecule has 0 aliphatic carbocycles. The number of halogens is 1. The van der Waals surface area contributed by atoms with Gasteiger partial charge in [0.25, 0.3) is 5.56 Å². The summed E-state index contributed by atoms with van der Waals surface area (Å²) in [6.45, 7) is 8.34. The van der Waals surface area contributed by atoms with Crippen molar-refractivity contribution in [1.29, 1.82) is 0 Å². The molecule has 0 saturated carbocycles. The van der Waals surface area contributed by atoms with Crippen LogP contribution >= 0.6 is 22.9 Å². The van der Waals surface area contributed by atoms with E-state index in [2.05, 4.69) is 29.8 Å². The van der Waals surface area contributed by atoms with Crippen molar-refractivity contribution >= 4 is 33.6 Å². The first-order chi connectivity index (χ1) is 14.0. The minimum Gasteiger partial charge on any atom is -0.348 e. The number of aryl methyl sites for hydroxylation is 1. The molecule has 1 saturated heterocycles. The van der Waals surface area contributed by atoms with Crippen LogP contribution < -0.4 is 10.5 Å². The van der Waals surface area contributed by atoms with Crippen molar-refractivity contribution in [2.45, 2.75) is 58.8 Å². The van der Waals surface area contributed by atoms with Gasteiger partial charge in [0.05, 0.1) is 0 Å². The van der Waals surface area contributed by atoms with Gasteiger partial charge in [0.2, 0.25) is 0 Å². The van der Waals surface area contributed by atoms with Gasteiger partial charge in [-0.2, -0.15) is 0 Å². The molecule has 0 bridgehead atoms. The van der Waals surface area contributed by atoms with E-state index in [0.717, 1.165) is 47.2 Å². The van der Waals surface area contributed by atoms with Crippen LogP contribution in [0.2, 0.25) is 5.15 Å². The molecule has 0 atom stereocenters. The number of fused-ring (bicyclic) bond motifs is 1. The van der Waals surface area contributed by atoms with Crippen LogP contribution in [0.4, 0.5) is 5.13 Å². The number of rotatable bonds is 5. The van der Waals surface area contributed by atoms with Crippen LogP contribution in [0.3, 0.4) is 0 Å². The molecule has 0 unspecified atom stereocenters. The third kappa shape index (κ3) is 3.48. The zero-order valence-corrected chi connectivity index (χ0v) is 19.1. The molecule has 6 nitrogen and oxygen atoms in total. The van der Waals surface area contributed by atoms with Crippen LogP contribution in [0.25, 0.3) is 16.2 Å². The van der Waals surface area contributed by atoms with Gasteiger partial charge in [-0.05, 0) is 56.6 Å². The van der Waals surface area contributed by atoms with Gasteiger partial charge < -0.3 is 4.90 Å². The van der Waals surface area contributed by atoms with Gasteiger partial charge in [-0.25, -0.2) is 9.50 Å². The smallest absolute Gasteiger partial charge is 0.278 e. The lowest BCUT2D eigenvalue weighted by Gasteiger charge is -2.25. The van der Waals surface area contributed by atoms with E-state index in [1.807, 2.05) is 6.92 Å². The standard InChI is InChI=1S/C21H28ClN5OS/c1-5-14(6-2)15-12-13(3)27-16(15)20(28)25(4)19(24-27)17-18(22)23-21(29-17)26-10-8-7-9-11-26/h12,14H,5-11H2,1-4H3. The Labute approximate surface area is 180 Å². The lowest BCUT2D eigenvalue weighted by atomic mass is 9.95. The fourth-order valence-corrected chi connectivity index (χ4v) is 5.66. The van der Waals surface area contributed by atoms with Crippen molar-refractivity contribution < 1.29 is 0 Å². The van der Waals surface area contributed by atoms with Gasteiger partial charge in [-0.3, -0.25) is 9.36 Å². The normalized spacial score (nSPS) is 15.0. The first kappa shape index (κ1) is 20.4. The second-order valence-corrected chi connectivity index (χ2v) is 9.20. The summed E-state index contributed by atoms with van der Waals surface area (Å²) < 4.78 is 3.42. The SMILES string of the molecule is CCC(CC)c1cc(C)n2nc(-c3sc(N4CCCCC4)nc3Cl)n(C)c(=O)c12. The number of nitrogens with zero attached hydrogens (tertiary/aromatic N) is 5. The third-order valence-electron chi connectivity index (χ3n) is 6.03. The molecule has 3 aromatic heterocycles. The van der Waals surface area contributed by atoms with Crippen LogP contribution in [0.1, 0.15) is 63.1 Å². The van der Waals surface area contributed by atoms with Crippen LogP contribution in [0.5, 0.6) is 0 Å². The van der Waals surface area contributed by atoms with Crippen molar-refractivity contribution in [2.24, 2.45) is 7.05 Å². The Balaban J connectivity index is 1.86. The molecule has 3 aromatic rings. The van der Waals surface area contributed by atoms with Crippen molar-refractivity contribution in [1.82, 2.24) is 19.2 Å². The number of aromatic nitrogens is 4. The highest BCUT2D eigenvalue weighted by atomic mass is 35.5. The molecule has 8 heteroatoms. The molecule has 0 radical (unpaired) electrons. The van der Waals surface area contributed by atoms with Crippen LogP contribution in [0.15, 0.2) is 10.9 Å². The molecule has 0 N–H and O–H groups in total. The second-order valence-electron chi connectivity index (χ2n) is 7.87. The zero-order chi connectivity index (χ0) is 20.7. The van der Waals surface area contributed by atoms with Gasteiger partial charge >= 0.3 is 0 Å². The molecular formula is C21H28ClN5OS. The Bertz CT molecular complexity index is 1090. The van der Waals surface area contributed by atoms with Gasteiger partial charge in [-0.1, -0.05) is 36.8 Å². The molecule has 29 heavy (non-hydrogen) atoms. The van der Waals surface area contributed by atoms with E-state index in [1.54, 1.807) is 16.1 Å². The fraction of sp³-hybridized carbons (Fsp3) is 0.571. The Morgan fingerprint density at radius 1 is 1.21 bits per heavy atom. The summed E-state index contributed by atoms with van der Waals surface area (Å²) in [4.78, 5) is 21.0. The van der Waals surface area contributed by atoms with E-state index < -0.39 is 0 Å². The van der Waals surface area contributed by atoms with E-state index >= 15 is 0 Å². The molecule has 4 heterocycles. The van der Waals surface area contributed by atoms with Gasteiger partial charge in [0, 0.05) is 25.8 Å². The predicted molar refractivity (Wildman–Crippen MR) is 121 cm³/mol. The Morgan fingerprint density at radius 3 is 2.55 bits per heavy atom. The number of anilines is 1. The predicted octanol–water partition coefficient (Wildman–Crippen LogP) is 5.01. The Kier molecular flexibility index (Phi) is 5.71. The maximum absolute atomic E-state index is 13.3. The number of piperidine rings is 1. The Morgan fingerprint density at radius 2 is 1.90 bits per heavy atom. The molecule has 1 fully saturated rings. The topological polar surface area (TPSA) is 55.4 Å². The summed E-state index contributed by atoms with van der Waals surface area (Å²) in [6.07, 6.45) is 5.62. The summed E-state index contributed by atoms with van der Waals surface area (Å²) >= 11 is 8.05. The quantitative estimate of drug-likeness (QED) is 0.567. The van der Waals surface area contributed by atoms with Crippen LogP contribution in [-0.2, 0) is 7.05 Å². The average molecular weight is 434 g/mol. The molecular weight excluding hydrogens is 406 g/mol. The van der Waals surface area contributed by atoms with Gasteiger partial charge in [0.1, 0.15) is 10.4 Å². The number of hydrogen-bond acceptors (Lipinski definition) is 5. The Hall–Kier alpha value is -1.86. The average Bonchev–Trinajstić information content (AvgIpc) is 3.27. The first-order valence-corrected chi connectivity index (χ1v) is 11.7. The highest BCUT2D eigenvalue weighted by molar-refractivity contribution is 7.19. The maximum atomic E-state index is 13.3. The van der Waals surface area contributed by atoms with Crippen molar-refractivity contribution in [2.75, 3.05) is 18.0 Å². The molecule has 4 rings (SSSR count). The lowest BCUT2D eigenvalue weighted by Crippen LogP contribution is -2.29. The molecule has 1 aliphatic heterocycles. The van der Waals surface area contributed by atoms with E-state index in [4.69, 9.17) is 16.7 Å². The summed E-state index contributed by atoms with van der Waals surface area (Å²) in [7, 11) is 1.78. The molecule has 0 amide bonds. The van der Waals surface area contributed by atoms with Crippen LogP contribution in [-0.4, -0.2) is 32.3 Å². The zero-order valence-electron chi connectivity index (χ0n) is 17.5. The number of thiazole rings is 1. The van der Waals surface area contributed by atoms with Crippen molar-refractivity contribution in [3.8, 4) is 10.7 Å². The molecule has 0 aromatic carbocycles. The minimum atomic E-state index is -0.0333. The molecule has 156 valence electrons. The summed E-state index contributed by atoms with van der Waals surface area (Å²) in [5.74, 6) is 0.930. The highest BCUT2D eigenvalue weighted by Crippen LogP contribution is 2.37. The third-order valence-corrected chi connectivity index (χ3v) is 7.53.